The van der Waals surface area contributed by atoms with Crippen LogP contribution in [0.15, 0.2) is 0 Å². The van der Waals surface area contributed by atoms with Crippen molar-refractivity contribution in [2.45, 2.75) is 24.5 Å². The van der Waals surface area contributed by atoms with Gasteiger partial charge in [0.1, 0.15) is 0 Å². The highest BCUT2D eigenvalue weighted by Crippen LogP contribution is 2.28. The molecule has 17 heavy (non-hydrogen) atoms. The molecule has 2 fully saturated rings. The first kappa shape index (κ1) is 12.4. The maximum absolute atomic E-state index is 11.6. The fourth-order valence-electron chi connectivity index (χ4n) is 1.72. The highest BCUT2D eigenvalue weighted by Gasteiger charge is 2.36. The first-order chi connectivity index (χ1) is 8.09. The average molecular weight is 256 g/mol. The quantitative estimate of drug-likeness (QED) is 0.555. The summed E-state index contributed by atoms with van der Waals surface area (Å²) in [7, 11) is 1.51. The third-order valence-electron chi connectivity index (χ3n) is 3.01. The molecule has 1 aliphatic carbocycles. The van der Waals surface area contributed by atoms with E-state index in [9.17, 15) is 14.4 Å². The molecular weight excluding hydrogens is 240 g/mol. The fourth-order valence-corrected chi connectivity index (χ4v) is 2.78. The standard InChI is InChI=1S/C11H16N2O3S/c1-13-9(14)6-8(11(13)16)17-5-4-12-10(15)7-2-3-7/h7-8H,2-6H2,1H3,(H,12,15). The number of rotatable bonds is 5. The predicted molar refractivity (Wildman–Crippen MR) is 64.4 cm³/mol. The van der Waals surface area contributed by atoms with Gasteiger partial charge in [-0.3, -0.25) is 19.3 Å². The molecule has 0 radical (unpaired) electrons. The van der Waals surface area contributed by atoms with Gasteiger partial charge in [0.25, 0.3) is 0 Å². The normalized spacial score (nSPS) is 24.3. The van der Waals surface area contributed by atoms with E-state index in [0.717, 1.165) is 12.8 Å². The Kier molecular flexibility index (Phi) is 3.71. The summed E-state index contributed by atoms with van der Waals surface area (Å²) >= 11 is 1.45. The van der Waals surface area contributed by atoms with Crippen molar-refractivity contribution in [3.8, 4) is 0 Å². The smallest absolute Gasteiger partial charge is 0.242 e. The largest absolute Gasteiger partial charge is 0.355 e. The van der Waals surface area contributed by atoms with Crippen molar-refractivity contribution >= 4 is 29.5 Å². The van der Waals surface area contributed by atoms with Crippen molar-refractivity contribution in [2.24, 2.45) is 5.92 Å². The second-order valence-electron chi connectivity index (χ2n) is 4.42. The Morgan fingerprint density at radius 3 is 2.71 bits per heavy atom. The van der Waals surface area contributed by atoms with Crippen LogP contribution in [0.5, 0.6) is 0 Å². The Morgan fingerprint density at radius 1 is 1.47 bits per heavy atom. The van der Waals surface area contributed by atoms with Gasteiger partial charge in [-0.15, -0.1) is 11.8 Å². The molecule has 2 aliphatic rings. The van der Waals surface area contributed by atoms with Crippen molar-refractivity contribution in [1.29, 1.82) is 0 Å². The summed E-state index contributed by atoms with van der Waals surface area (Å²) < 4.78 is 0. The maximum Gasteiger partial charge on any atom is 0.242 e. The number of hydrogen-bond donors (Lipinski definition) is 1. The zero-order valence-corrected chi connectivity index (χ0v) is 10.6. The van der Waals surface area contributed by atoms with E-state index in [1.54, 1.807) is 0 Å². The number of thioether (sulfide) groups is 1. The number of amides is 3. The van der Waals surface area contributed by atoms with Gasteiger partial charge in [-0.05, 0) is 12.8 Å². The Bertz CT molecular complexity index is 355. The molecular formula is C11H16N2O3S. The molecule has 0 spiro atoms. The van der Waals surface area contributed by atoms with E-state index in [4.69, 9.17) is 0 Å². The molecule has 5 nitrogen and oxygen atoms in total. The van der Waals surface area contributed by atoms with Gasteiger partial charge in [-0.2, -0.15) is 0 Å². The molecule has 1 atom stereocenters. The van der Waals surface area contributed by atoms with Gasteiger partial charge in [0.2, 0.25) is 17.7 Å². The van der Waals surface area contributed by atoms with E-state index < -0.39 is 0 Å². The molecule has 6 heteroatoms. The molecule has 1 saturated carbocycles. The number of nitrogens with one attached hydrogen (secondary N) is 1. The molecule has 1 saturated heterocycles. The monoisotopic (exact) mass is 256 g/mol. The molecule has 1 N–H and O–H groups in total. The maximum atomic E-state index is 11.6. The van der Waals surface area contributed by atoms with E-state index in [1.165, 1.54) is 23.7 Å². The summed E-state index contributed by atoms with van der Waals surface area (Å²) in [5, 5.41) is 2.58. The van der Waals surface area contributed by atoms with Crippen LogP contribution in [0.1, 0.15) is 19.3 Å². The number of carbonyl (C=O) groups is 3. The SMILES string of the molecule is CN1C(=O)CC(SCCNC(=O)C2CC2)C1=O. The van der Waals surface area contributed by atoms with Crippen LogP contribution in [0, 0.1) is 5.92 Å². The molecule has 2 rings (SSSR count). The minimum atomic E-state index is -0.259. The lowest BCUT2D eigenvalue weighted by atomic mass is 10.4. The van der Waals surface area contributed by atoms with E-state index in [2.05, 4.69) is 5.32 Å². The van der Waals surface area contributed by atoms with Crippen LogP contribution in [0.2, 0.25) is 0 Å². The van der Waals surface area contributed by atoms with Crippen molar-refractivity contribution in [3.63, 3.8) is 0 Å². The van der Waals surface area contributed by atoms with Crippen LogP contribution in [0.3, 0.4) is 0 Å². The van der Waals surface area contributed by atoms with Crippen molar-refractivity contribution in [3.05, 3.63) is 0 Å². The Labute approximate surface area is 104 Å². The highest BCUT2D eigenvalue weighted by atomic mass is 32.2. The van der Waals surface area contributed by atoms with Crippen LogP contribution in [-0.2, 0) is 14.4 Å². The summed E-state index contributed by atoms with van der Waals surface area (Å²) in [5.74, 6) is 0.788. The van der Waals surface area contributed by atoms with Crippen molar-refractivity contribution in [1.82, 2.24) is 10.2 Å². The predicted octanol–water partition coefficient (Wildman–Crippen LogP) is 0.00310. The third-order valence-corrected chi connectivity index (χ3v) is 4.22. The molecule has 1 heterocycles. The van der Waals surface area contributed by atoms with Crippen LogP contribution in [0.4, 0.5) is 0 Å². The first-order valence-corrected chi connectivity index (χ1v) is 6.84. The van der Waals surface area contributed by atoms with Crippen LogP contribution < -0.4 is 5.32 Å². The van der Waals surface area contributed by atoms with Gasteiger partial charge < -0.3 is 5.32 Å². The van der Waals surface area contributed by atoms with Crippen LogP contribution >= 0.6 is 11.8 Å². The number of nitrogens with zero attached hydrogens (tertiary/aromatic N) is 1. The summed E-state index contributed by atoms with van der Waals surface area (Å²) in [6, 6.07) is 0. The molecule has 0 aromatic heterocycles. The van der Waals surface area contributed by atoms with E-state index in [-0.39, 0.29) is 35.3 Å². The Morgan fingerprint density at radius 2 is 2.18 bits per heavy atom. The lowest BCUT2D eigenvalue weighted by Gasteiger charge is -2.09. The van der Waals surface area contributed by atoms with Gasteiger partial charge in [-0.25, -0.2) is 0 Å². The molecule has 0 aromatic carbocycles. The lowest BCUT2D eigenvalue weighted by molar-refractivity contribution is -0.136. The van der Waals surface area contributed by atoms with Gasteiger partial charge in [0.05, 0.1) is 5.25 Å². The number of hydrogen-bond acceptors (Lipinski definition) is 4. The topological polar surface area (TPSA) is 66.5 Å². The molecule has 94 valence electrons. The van der Waals surface area contributed by atoms with Gasteiger partial charge in [0, 0.05) is 31.7 Å². The lowest BCUT2D eigenvalue weighted by Crippen LogP contribution is -2.29. The van der Waals surface area contributed by atoms with Crippen molar-refractivity contribution in [2.75, 3.05) is 19.3 Å². The minimum absolute atomic E-state index is 0.116. The van der Waals surface area contributed by atoms with Crippen LogP contribution in [-0.4, -0.2) is 47.2 Å². The second kappa shape index (κ2) is 5.08. The third kappa shape index (κ3) is 3.00. The fraction of sp³-hybridized carbons (Fsp3) is 0.727. The van der Waals surface area contributed by atoms with E-state index >= 15 is 0 Å². The zero-order valence-electron chi connectivity index (χ0n) is 9.77. The molecule has 0 bridgehead atoms. The van der Waals surface area contributed by atoms with Crippen molar-refractivity contribution < 1.29 is 14.4 Å². The highest BCUT2D eigenvalue weighted by molar-refractivity contribution is 8.00. The number of likely N-dealkylation sites (tertiary alicyclic amines) is 1. The average Bonchev–Trinajstić information content (AvgIpc) is 3.11. The van der Waals surface area contributed by atoms with Gasteiger partial charge >= 0.3 is 0 Å². The first-order valence-electron chi connectivity index (χ1n) is 5.79. The summed E-state index contributed by atoms with van der Waals surface area (Å²) in [6.07, 6.45) is 2.29. The minimum Gasteiger partial charge on any atom is -0.355 e. The van der Waals surface area contributed by atoms with Gasteiger partial charge in [0.15, 0.2) is 0 Å². The zero-order chi connectivity index (χ0) is 12.4. The van der Waals surface area contributed by atoms with Gasteiger partial charge in [-0.1, -0.05) is 0 Å². The second-order valence-corrected chi connectivity index (χ2v) is 5.73. The molecule has 0 aromatic rings. The summed E-state index contributed by atoms with van der Waals surface area (Å²) in [4.78, 5) is 35.3. The van der Waals surface area contributed by atoms with E-state index in [1.807, 2.05) is 0 Å². The molecule has 3 amide bonds. The molecule has 1 aliphatic heterocycles. The summed E-state index contributed by atoms with van der Waals surface area (Å²) in [6.45, 7) is 0.571. The number of carbonyl (C=O) groups excluding carboxylic acids is 3. The van der Waals surface area contributed by atoms with Crippen LogP contribution in [0.25, 0.3) is 0 Å². The Balaban J connectivity index is 1.63. The summed E-state index contributed by atoms with van der Waals surface area (Å²) in [5.41, 5.74) is 0. The van der Waals surface area contributed by atoms with E-state index in [0.29, 0.717) is 12.3 Å². The molecule has 1 unspecified atom stereocenters. The number of imide groups is 1. The Hall–Kier alpha value is -1.04.